The molecule has 0 saturated heterocycles. The molecular formula is C13H14N2O2S. The van der Waals surface area contributed by atoms with Crippen LogP contribution in [0.25, 0.3) is 0 Å². The molecule has 1 unspecified atom stereocenters. The lowest BCUT2D eigenvalue weighted by atomic mass is 10.1. The van der Waals surface area contributed by atoms with Gasteiger partial charge in [-0.2, -0.15) is 0 Å². The molecule has 0 spiro atoms. The van der Waals surface area contributed by atoms with Gasteiger partial charge in [0.2, 0.25) is 0 Å². The number of nitrogens with one attached hydrogen (secondary N) is 1. The Morgan fingerprint density at radius 1 is 1.39 bits per heavy atom. The maximum Gasteiger partial charge on any atom is 0.259 e. The van der Waals surface area contributed by atoms with Crippen molar-refractivity contribution in [3.63, 3.8) is 0 Å². The Hall–Kier alpha value is -1.72. The molecule has 2 rings (SSSR count). The molecule has 1 amide bonds. The van der Waals surface area contributed by atoms with Gasteiger partial charge in [-0.15, -0.1) is 11.3 Å². The lowest BCUT2D eigenvalue weighted by molar-refractivity contribution is -0.126. The molecule has 0 aliphatic carbocycles. The van der Waals surface area contributed by atoms with E-state index in [1.807, 2.05) is 37.3 Å². The lowest BCUT2D eigenvalue weighted by Crippen LogP contribution is -2.22. The third kappa shape index (κ3) is 2.94. The van der Waals surface area contributed by atoms with Gasteiger partial charge < -0.3 is 4.74 Å². The highest BCUT2D eigenvalue weighted by Gasteiger charge is 2.20. The molecule has 0 radical (unpaired) electrons. The number of ether oxygens (including phenoxy) is 1. The van der Waals surface area contributed by atoms with Gasteiger partial charge in [-0.25, -0.2) is 4.98 Å². The number of anilines is 1. The zero-order chi connectivity index (χ0) is 13.0. The van der Waals surface area contributed by atoms with E-state index in [0.29, 0.717) is 5.13 Å². The molecule has 1 heterocycles. The average molecular weight is 262 g/mol. The Bertz CT molecular complexity index is 525. The molecule has 5 heteroatoms. The van der Waals surface area contributed by atoms with Crippen LogP contribution in [0.15, 0.2) is 36.5 Å². The van der Waals surface area contributed by atoms with Gasteiger partial charge in [0.1, 0.15) is 0 Å². The van der Waals surface area contributed by atoms with Crippen LogP contribution in [0.5, 0.6) is 0 Å². The molecule has 0 aliphatic heterocycles. The first-order chi connectivity index (χ1) is 8.70. The first kappa shape index (κ1) is 12.7. The molecule has 0 bridgehead atoms. The minimum atomic E-state index is -0.615. The number of rotatable bonds is 4. The highest BCUT2D eigenvalue weighted by atomic mass is 32.1. The number of nitrogens with zero attached hydrogens (tertiary/aromatic N) is 1. The number of amides is 1. The van der Waals surface area contributed by atoms with Crippen LogP contribution in [0.2, 0.25) is 0 Å². The van der Waals surface area contributed by atoms with Gasteiger partial charge in [0, 0.05) is 18.2 Å². The van der Waals surface area contributed by atoms with Crippen molar-refractivity contribution in [1.82, 2.24) is 4.98 Å². The molecule has 1 atom stereocenters. The minimum Gasteiger partial charge on any atom is -0.367 e. The van der Waals surface area contributed by atoms with Gasteiger partial charge in [0.05, 0.1) is 0 Å². The van der Waals surface area contributed by atoms with Crippen molar-refractivity contribution < 1.29 is 9.53 Å². The summed E-state index contributed by atoms with van der Waals surface area (Å²) in [6.07, 6.45) is 1.11. The third-order valence-electron chi connectivity index (χ3n) is 2.43. The Balaban J connectivity index is 2.11. The summed E-state index contributed by atoms with van der Waals surface area (Å²) in [5, 5.41) is 3.35. The number of aryl methyl sites for hydroxylation is 1. The summed E-state index contributed by atoms with van der Waals surface area (Å²) in [4.78, 5) is 17.2. The second-order valence-electron chi connectivity index (χ2n) is 3.79. The van der Waals surface area contributed by atoms with Crippen molar-refractivity contribution >= 4 is 22.4 Å². The summed E-state index contributed by atoms with van der Waals surface area (Å²) in [5.74, 6) is -0.210. The monoisotopic (exact) mass is 262 g/mol. The van der Waals surface area contributed by atoms with Crippen molar-refractivity contribution in [3.8, 4) is 0 Å². The van der Waals surface area contributed by atoms with E-state index in [-0.39, 0.29) is 5.91 Å². The zero-order valence-electron chi connectivity index (χ0n) is 10.2. The largest absolute Gasteiger partial charge is 0.367 e. The number of hydrogen-bond donors (Lipinski definition) is 1. The van der Waals surface area contributed by atoms with Crippen LogP contribution in [0.1, 0.15) is 16.5 Å². The molecule has 0 fully saturated rings. The fourth-order valence-electron chi connectivity index (χ4n) is 1.61. The van der Waals surface area contributed by atoms with Crippen LogP contribution in [0.3, 0.4) is 0 Å². The Kier molecular flexibility index (Phi) is 4.07. The SMILES string of the molecule is COC(C(=O)Nc1ncc(C)s1)c1ccccc1. The number of carbonyl (C=O) groups is 1. The first-order valence-electron chi connectivity index (χ1n) is 5.51. The van der Waals surface area contributed by atoms with Crippen molar-refractivity contribution in [2.24, 2.45) is 0 Å². The molecule has 1 aromatic carbocycles. The van der Waals surface area contributed by atoms with E-state index in [2.05, 4.69) is 10.3 Å². The predicted octanol–water partition coefficient (Wildman–Crippen LogP) is 2.78. The first-order valence-corrected chi connectivity index (χ1v) is 6.33. The van der Waals surface area contributed by atoms with Gasteiger partial charge in [0.15, 0.2) is 11.2 Å². The molecule has 18 heavy (non-hydrogen) atoms. The molecule has 94 valence electrons. The van der Waals surface area contributed by atoms with Crippen LogP contribution < -0.4 is 5.32 Å². The maximum absolute atomic E-state index is 12.1. The van der Waals surface area contributed by atoms with Crippen LogP contribution in [0, 0.1) is 6.92 Å². The minimum absolute atomic E-state index is 0.210. The number of carbonyl (C=O) groups excluding carboxylic acids is 1. The summed E-state index contributed by atoms with van der Waals surface area (Å²) in [7, 11) is 1.52. The van der Waals surface area contributed by atoms with Crippen LogP contribution in [-0.4, -0.2) is 18.0 Å². The average Bonchev–Trinajstić information content (AvgIpc) is 2.77. The fraction of sp³-hybridized carbons (Fsp3) is 0.231. The molecular weight excluding hydrogens is 248 g/mol. The number of thiazole rings is 1. The number of benzene rings is 1. The summed E-state index contributed by atoms with van der Waals surface area (Å²) in [6, 6.07) is 9.38. The van der Waals surface area contributed by atoms with E-state index in [4.69, 9.17) is 4.74 Å². The van der Waals surface area contributed by atoms with Crippen LogP contribution >= 0.6 is 11.3 Å². The summed E-state index contributed by atoms with van der Waals surface area (Å²) >= 11 is 1.44. The normalized spacial score (nSPS) is 12.1. The molecule has 2 aromatic rings. The highest BCUT2D eigenvalue weighted by molar-refractivity contribution is 7.15. The van der Waals surface area contributed by atoms with Crippen LogP contribution in [-0.2, 0) is 9.53 Å². The van der Waals surface area contributed by atoms with Gasteiger partial charge >= 0.3 is 0 Å². The van der Waals surface area contributed by atoms with Gasteiger partial charge in [-0.1, -0.05) is 30.3 Å². The van der Waals surface area contributed by atoms with Gasteiger partial charge in [-0.3, -0.25) is 10.1 Å². The van der Waals surface area contributed by atoms with Crippen molar-refractivity contribution in [3.05, 3.63) is 47.0 Å². The molecule has 1 aromatic heterocycles. The Labute approximate surface area is 110 Å². The van der Waals surface area contributed by atoms with Crippen LogP contribution in [0.4, 0.5) is 5.13 Å². The topological polar surface area (TPSA) is 51.2 Å². The molecule has 1 N–H and O–H groups in total. The summed E-state index contributed by atoms with van der Waals surface area (Å²) in [5.41, 5.74) is 0.825. The predicted molar refractivity (Wildman–Crippen MR) is 71.7 cm³/mol. The fourth-order valence-corrected chi connectivity index (χ4v) is 2.27. The third-order valence-corrected chi connectivity index (χ3v) is 3.26. The molecule has 0 saturated carbocycles. The van der Waals surface area contributed by atoms with E-state index in [1.165, 1.54) is 18.4 Å². The number of methoxy groups -OCH3 is 1. The van der Waals surface area contributed by atoms with Crippen molar-refractivity contribution in [2.45, 2.75) is 13.0 Å². The van der Waals surface area contributed by atoms with Crippen molar-refractivity contribution in [2.75, 3.05) is 12.4 Å². The smallest absolute Gasteiger partial charge is 0.259 e. The highest BCUT2D eigenvalue weighted by Crippen LogP contribution is 2.21. The second kappa shape index (κ2) is 5.75. The maximum atomic E-state index is 12.1. The molecule has 0 aliphatic rings. The Morgan fingerprint density at radius 3 is 2.67 bits per heavy atom. The van der Waals surface area contributed by atoms with Gasteiger partial charge in [0.25, 0.3) is 5.91 Å². The van der Waals surface area contributed by atoms with E-state index >= 15 is 0 Å². The quantitative estimate of drug-likeness (QED) is 0.921. The van der Waals surface area contributed by atoms with E-state index in [1.54, 1.807) is 6.20 Å². The Morgan fingerprint density at radius 2 is 2.11 bits per heavy atom. The van der Waals surface area contributed by atoms with Crippen molar-refractivity contribution in [1.29, 1.82) is 0 Å². The zero-order valence-corrected chi connectivity index (χ0v) is 11.0. The van der Waals surface area contributed by atoms with E-state index < -0.39 is 6.10 Å². The van der Waals surface area contributed by atoms with Gasteiger partial charge in [-0.05, 0) is 12.5 Å². The summed E-state index contributed by atoms with van der Waals surface area (Å²) < 4.78 is 5.24. The van der Waals surface area contributed by atoms with E-state index in [0.717, 1.165) is 10.4 Å². The summed E-state index contributed by atoms with van der Waals surface area (Å²) in [6.45, 7) is 1.94. The lowest BCUT2D eigenvalue weighted by Gasteiger charge is -2.14. The second-order valence-corrected chi connectivity index (χ2v) is 5.03. The number of aromatic nitrogens is 1. The van der Waals surface area contributed by atoms with E-state index in [9.17, 15) is 4.79 Å². The number of hydrogen-bond acceptors (Lipinski definition) is 4. The molecule has 4 nitrogen and oxygen atoms in total. The standard InChI is InChI=1S/C13H14N2O2S/c1-9-8-14-13(18-9)15-12(16)11(17-2)10-6-4-3-5-7-10/h3-8,11H,1-2H3,(H,14,15,16).